The summed E-state index contributed by atoms with van der Waals surface area (Å²) < 4.78 is 23.6. The van der Waals surface area contributed by atoms with Gasteiger partial charge in [0.05, 0.1) is 28.0 Å². The Kier molecular flexibility index (Phi) is 5.76. The van der Waals surface area contributed by atoms with E-state index in [0.717, 1.165) is 21.7 Å². The van der Waals surface area contributed by atoms with Crippen molar-refractivity contribution in [1.29, 1.82) is 0 Å². The van der Waals surface area contributed by atoms with Crippen LogP contribution in [0.2, 0.25) is 0 Å². The maximum atomic E-state index is 13.0. The average molecular weight is 482 g/mol. The summed E-state index contributed by atoms with van der Waals surface area (Å²) in [6, 6.07) is 19.4. The molecule has 9 heteroatoms. The molecule has 2 unspecified atom stereocenters. The number of rotatable bonds is 5. The molecular weight excluding hydrogens is 458 g/mol. The molecule has 33 heavy (non-hydrogen) atoms. The molecule has 0 aliphatic carbocycles. The molecule has 2 amide bonds. The number of hydrogen-bond acceptors (Lipinski definition) is 6. The van der Waals surface area contributed by atoms with Gasteiger partial charge in [0.1, 0.15) is 0 Å². The van der Waals surface area contributed by atoms with Gasteiger partial charge in [0.25, 0.3) is 0 Å². The predicted octanol–water partition coefficient (Wildman–Crippen LogP) is 3.45. The summed E-state index contributed by atoms with van der Waals surface area (Å²) in [5.74, 6) is -0.862. The number of benzene rings is 2. The lowest BCUT2D eigenvalue weighted by Crippen LogP contribution is -2.38. The number of anilines is 1. The smallest absolute Gasteiger partial charge is 0.231 e. The highest BCUT2D eigenvalue weighted by atomic mass is 32.2. The molecule has 2 aliphatic heterocycles. The van der Waals surface area contributed by atoms with Crippen molar-refractivity contribution in [3.05, 3.63) is 60.7 Å². The Hall–Kier alpha value is -3.04. The van der Waals surface area contributed by atoms with Crippen molar-refractivity contribution in [3.8, 4) is 21.7 Å². The lowest BCUT2D eigenvalue weighted by molar-refractivity contribution is -0.129. The fourth-order valence-electron chi connectivity index (χ4n) is 4.44. The van der Waals surface area contributed by atoms with Crippen LogP contribution in [0.15, 0.2) is 60.7 Å². The molecular formula is C24H23N3O4S2. The molecule has 2 fully saturated rings. The predicted molar refractivity (Wildman–Crippen MR) is 128 cm³/mol. The van der Waals surface area contributed by atoms with Crippen LogP contribution >= 0.6 is 11.3 Å². The van der Waals surface area contributed by atoms with Crippen LogP contribution in [-0.2, 0) is 19.4 Å². The van der Waals surface area contributed by atoms with Gasteiger partial charge in [-0.15, -0.1) is 0 Å². The quantitative estimate of drug-likeness (QED) is 0.602. The van der Waals surface area contributed by atoms with E-state index in [-0.39, 0.29) is 42.3 Å². The summed E-state index contributed by atoms with van der Waals surface area (Å²) in [6.07, 6.45) is 0.528. The van der Waals surface area contributed by atoms with Crippen LogP contribution in [0.3, 0.4) is 0 Å². The summed E-state index contributed by atoms with van der Waals surface area (Å²) in [5, 5.41) is 3.38. The first kappa shape index (κ1) is 21.8. The maximum absolute atomic E-state index is 13.0. The number of amides is 2. The monoisotopic (exact) mass is 481 g/mol. The highest BCUT2D eigenvalue weighted by Gasteiger charge is 2.42. The van der Waals surface area contributed by atoms with Gasteiger partial charge in [0.2, 0.25) is 11.8 Å². The average Bonchev–Trinajstić information content (AvgIpc) is 3.51. The zero-order valence-corrected chi connectivity index (χ0v) is 19.4. The number of likely N-dealkylation sites (tertiary alicyclic amines) is 1. The largest absolute Gasteiger partial charge is 0.338 e. The van der Waals surface area contributed by atoms with E-state index in [0.29, 0.717) is 11.6 Å². The molecule has 1 aromatic heterocycles. The Bertz CT molecular complexity index is 1230. The highest BCUT2D eigenvalue weighted by molar-refractivity contribution is 7.91. The first-order chi connectivity index (χ1) is 15.9. The van der Waals surface area contributed by atoms with Crippen LogP contribution < -0.4 is 5.32 Å². The lowest BCUT2D eigenvalue weighted by Gasteiger charge is -2.22. The molecule has 7 nitrogen and oxygen atoms in total. The van der Waals surface area contributed by atoms with Gasteiger partial charge in [-0.25, -0.2) is 13.4 Å². The SMILES string of the molecule is O=C(Nc1nc(-c2ccccc2)c(-c2ccccc2)s1)C1CC(=O)N(C2CCS(=O)(=O)C2)C1. The number of aromatic nitrogens is 1. The van der Waals surface area contributed by atoms with Crippen molar-refractivity contribution < 1.29 is 18.0 Å². The minimum absolute atomic E-state index is 0.0135. The number of thiazole rings is 1. The Morgan fingerprint density at radius 1 is 1.03 bits per heavy atom. The molecule has 2 aliphatic rings. The zero-order chi connectivity index (χ0) is 23.0. The Balaban J connectivity index is 1.36. The molecule has 2 saturated heterocycles. The number of carbonyl (C=O) groups is 2. The van der Waals surface area contributed by atoms with Crippen LogP contribution in [0.4, 0.5) is 5.13 Å². The second-order valence-electron chi connectivity index (χ2n) is 8.42. The second kappa shape index (κ2) is 8.72. The van der Waals surface area contributed by atoms with Crippen molar-refractivity contribution in [2.75, 3.05) is 23.4 Å². The summed E-state index contributed by atoms with van der Waals surface area (Å²) in [7, 11) is -3.10. The standard InChI is InChI=1S/C24H23N3O4S2/c28-20-13-18(14-27(20)19-11-12-33(30,31)15-19)23(29)26-24-25-21(16-7-3-1-4-8-16)22(32-24)17-9-5-2-6-10-17/h1-10,18-19H,11-15H2,(H,25,26,29). The van der Waals surface area contributed by atoms with E-state index >= 15 is 0 Å². The minimum atomic E-state index is -3.10. The molecule has 1 N–H and O–H groups in total. The summed E-state index contributed by atoms with van der Waals surface area (Å²) in [4.78, 5) is 32.7. The Labute approximate surface area is 196 Å². The van der Waals surface area contributed by atoms with Gasteiger partial charge in [-0.3, -0.25) is 9.59 Å². The molecule has 0 saturated carbocycles. The molecule has 3 heterocycles. The van der Waals surface area contributed by atoms with E-state index in [1.807, 2.05) is 60.7 Å². The van der Waals surface area contributed by atoms with E-state index in [9.17, 15) is 18.0 Å². The van der Waals surface area contributed by atoms with Gasteiger partial charge >= 0.3 is 0 Å². The minimum Gasteiger partial charge on any atom is -0.338 e. The summed E-state index contributed by atoms with van der Waals surface area (Å²) in [5.41, 5.74) is 2.76. The van der Waals surface area contributed by atoms with Crippen molar-refractivity contribution in [2.45, 2.75) is 18.9 Å². The maximum Gasteiger partial charge on any atom is 0.231 e. The number of nitrogens with zero attached hydrogens (tertiary/aromatic N) is 2. The number of carbonyl (C=O) groups excluding carboxylic acids is 2. The van der Waals surface area contributed by atoms with Crippen LogP contribution in [-0.4, -0.2) is 54.2 Å². The molecule has 0 spiro atoms. The Morgan fingerprint density at radius 3 is 2.33 bits per heavy atom. The first-order valence-corrected chi connectivity index (χ1v) is 13.5. The van der Waals surface area contributed by atoms with E-state index < -0.39 is 15.8 Å². The molecule has 2 atom stereocenters. The molecule has 0 bridgehead atoms. The Morgan fingerprint density at radius 2 is 1.70 bits per heavy atom. The van der Waals surface area contributed by atoms with Gasteiger partial charge < -0.3 is 10.2 Å². The fourth-order valence-corrected chi connectivity index (χ4v) is 7.17. The van der Waals surface area contributed by atoms with Crippen LogP contribution in [0.1, 0.15) is 12.8 Å². The van der Waals surface area contributed by atoms with E-state index in [4.69, 9.17) is 4.98 Å². The third-order valence-corrected chi connectivity index (χ3v) is 8.89. The van der Waals surface area contributed by atoms with Crippen molar-refractivity contribution >= 4 is 38.1 Å². The van der Waals surface area contributed by atoms with Crippen LogP contribution in [0.5, 0.6) is 0 Å². The molecule has 0 radical (unpaired) electrons. The van der Waals surface area contributed by atoms with E-state index in [2.05, 4.69) is 5.32 Å². The van der Waals surface area contributed by atoms with Crippen molar-refractivity contribution in [2.24, 2.45) is 5.92 Å². The third kappa shape index (κ3) is 4.56. The molecule has 3 aromatic rings. The van der Waals surface area contributed by atoms with Gasteiger partial charge in [-0.1, -0.05) is 72.0 Å². The number of sulfone groups is 1. The normalized spacial score (nSPS) is 21.9. The first-order valence-electron chi connectivity index (χ1n) is 10.8. The van der Waals surface area contributed by atoms with Crippen molar-refractivity contribution in [1.82, 2.24) is 9.88 Å². The zero-order valence-electron chi connectivity index (χ0n) is 17.8. The molecule has 170 valence electrons. The lowest BCUT2D eigenvalue weighted by atomic mass is 10.1. The summed E-state index contributed by atoms with van der Waals surface area (Å²) in [6.45, 7) is 0.243. The number of hydrogen-bond donors (Lipinski definition) is 1. The summed E-state index contributed by atoms with van der Waals surface area (Å²) >= 11 is 1.40. The number of nitrogens with one attached hydrogen (secondary N) is 1. The molecule has 5 rings (SSSR count). The topological polar surface area (TPSA) is 96.4 Å². The van der Waals surface area contributed by atoms with Crippen LogP contribution in [0, 0.1) is 5.92 Å². The molecule has 2 aromatic carbocycles. The fraction of sp³-hybridized carbons (Fsp3) is 0.292. The van der Waals surface area contributed by atoms with Crippen molar-refractivity contribution in [3.63, 3.8) is 0 Å². The van der Waals surface area contributed by atoms with Gasteiger partial charge in [0, 0.05) is 24.6 Å². The van der Waals surface area contributed by atoms with Crippen LogP contribution in [0.25, 0.3) is 21.7 Å². The van der Waals surface area contributed by atoms with Gasteiger partial charge in [0.15, 0.2) is 15.0 Å². The van der Waals surface area contributed by atoms with E-state index in [1.165, 1.54) is 11.3 Å². The van der Waals surface area contributed by atoms with Gasteiger partial charge in [-0.2, -0.15) is 0 Å². The second-order valence-corrected chi connectivity index (χ2v) is 11.6. The third-order valence-electron chi connectivity index (χ3n) is 6.12. The van der Waals surface area contributed by atoms with Gasteiger partial charge in [-0.05, 0) is 12.0 Å². The highest BCUT2D eigenvalue weighted by Crippen LogP contribution is 2.39. The van der Waals surface area contributed by atoms with E-state index in [1.54, 1.807) is 4.90 Å².